The molecule has 2 aromatic rings. The molecule has 0 radical (unpaired) electrons. The van der Waals surface area contributed by atoms with Crippen LogP contribution in [0.15, 0.2) is 66.5 Å². The van der Waals surface area contributed by atoms with Crippen LogP contribution in [0, 0.1) is 6.92 Å². The number of hydrogen-bond donors (Lipinski definition) is 7. The molecule has 0 aliphatic carbocycles. The lowest BCUT2D eigenvalue weighted by molar-refractivity contribution is -0.142. The van der Waals surface area contributed by atoms with Crippen molar-refractivity contribution < 1.29 is 29.1 Å². The van der Waals surface area contributed by atoms with Crippen molar-refractivity contribution in [2.24, 2.45) is 11.6 Å². The molecular formula is C34H48N8O6. The van der Waals surface area contributed by atoms with E-state index in [0.717, 1.165) is 17.5 Å². The van der Waals surface area contributed by atoms with E-state index in [0.29, 0.717) is 17.7 Å². The molecule has 2 aromatic carbocycles. The molecule has 5 unspecified atom stereocenters. The smallest absolute Gasteiger partial charge is 0.326 e. The quantitative estimate of drug-likeness (QED) is 0.0972. The summed E-state index contributed by atoms with van der Waals surface area (Å²) in [6.45, 7) is 5.06. The number of nitrogens with one attached hydrogen (secondary N) is 4. The monoisotopic (exact) mass is 664 g/mol. The van der Waals surface area contributed by atoms with Gasteiger partial charge in [-0.3, -0.25) is 19.2 Å². The largest absolute Gasteiger partial charge is 0.480 e. The fourth-order valence-corrected chi connectivity index (χ4v) is 5.36. The van der Waals surface area contributed by atoms with E-state index in [-0.39, 0.29) is 19.4 Å². The summed E-state index contributed by atoms with van der Waals surface area (Å²) in [5, 5.41) is 21.8. The number of likely N-dealkylation sites (N-methyl/N-ethyl adjacent to an activating group) is 1. The number of likely N-dealkylation sites (tertiary alicyclic amines) is 1. The van der Waals surface area contributed by atoms with Crippen LogP contribution in [0.3, 0.4) is 0 Å². The molecule has 1 saturated heterocycles. The van der Waals surface area contributed by atoms with Gasteiger partial charge in [-0.25, -0.2) is 10.6 Å². The van der Waals surface area contributed by atoms with Crippen LogP contribution in [0.25, 0.3) is 0 Å². The molecule has 14 nitrogen and oxygen atoms in total. The molecule has 260 valence electrons. The predicted molar refractivity (Wildman–Crippen MR) is 180 cm³/mol. The van der Waals surface area contributed by atoms with Crippen molar-refractivity contribution in [2.75, 3.05) is 20.1 Å². The Balaban J connectivity index is 1.81. The standard InChI is InChI=1S/C34H48N8O6/c1-5-9-25(35)19-42(36)26-17-28(32(45)38-18-29(43)39-27(34(47)48)16-23-14-12-21(2)13-15-23)41(20-26)33(46)30(24-10-7-6-8-11-24)40-31(44)22(3)37-4/h6-8,10-15,19,22,26-28,30,37H,5,9,16-18,20,35-36H2,1-4H3,(H,38,45)(H,39,43)(H,40,44)(H,47,48)/b25-19-. The number of aliphatic carboxylic acids is 1. The first kappa shape index (κ1) is 37.5. The summed E-state index contributed by atoms with van der Waals surface area (Å²) in [5.41, 5.74) is 8.90. The first-order valence-electron chi connectivity index (χ1n) is 16.0. The lowest BCUT2D eigenvalue weighted by Crippen LogP contribution is -2.53. The first-order valence-corrected chi connectivity index (χ1v) is 16.0. The molecule has 0 saturated carbocycles. The third kappa shape index (κ3) is 10.5. The van der Waals surface area contributed by atoms with E-state index in [1.807, 2.05) is 26.0 Å². The Labute approximate surface area is 281 Å². The van der Waals surface area contributed by atoms with Crippen molar-refractivity contribution in [3.05, 3.63) is 83.2 Å². The molecule has 0 spiro atoms. The Bertz CT molecular complexity index is 1450. The highest BCUT2D eigenvalue weighted by Crippen LogP contribution is 2.27. The fourth-order valence-electron chi connectivity index (χ4n) is 5.36. The number of hydrogen-bond acceptors (Lipinski definition) is 9. The van der Waals surface area contributed by atoms with Gasteiger partial charge >= 0.3 is 5.97 Å². The molecule has 0 bridgehead atoms. The first-order chi connectivity index (χ1) is 22.8. The maximum Gasteiger partial charge on any atom is 0.326 e. The molecule has 1 aliphatic heterocycles. The summed E-state index contributed by atoms with van der Waals surface area (Å²) < 4.78 is 0. The number of aryl methyl sites for hydroxylation is 1. The van der Waals surface area contributed by atoms with Gasteiger partial charge in [0, 0.05) is 31.3 Å². The molecule has 0 aromatic heterocycles. The lowest BCUT2D eigenvalue weighted by atomic mass is 10.0. The molecule has 4 amide bonds. The van der Waals surface area contributed by atoms with Gasteiger partial charge in [0.05, 0.1) is 18.6 Å². The minimum absolute atomic E-state index is 0.0357. The number of carboxylic acid groups (broad SMARTS) is 1. The van der Waals surface area contributed by atoms with Gasteiger partial charge in [0.2, 0.25) is 17.7 Å². The molecule has 5 atom stereocenters. The summed E-state index contributed by atoms with van der Waals surface area (Å²) >= 11 is 0. The molecule has 14 heteroatoms. The van der Waals surface area contributed by atoms with Crippen molar-refractivity contribution in [3.8, 4) is 0 Å². The molecule has 3 rings (SSSR count). The number of nitrogens with two attached hydrogens (primary N) is 2. The Hall–Kier alpha value is -4.95. The van der Waals surface area contributed by atoms with Crippen LogP contribution in [0.5, 0.6) is 0 Å². The Morgan fingerprint density at radius 2 is 1.73 bits per heavy atom. The van der Waals surface area contributed by atoms with Crippen molar-refractivity contribution in [2.45, 2.75) is 76.7 Å². The van der Waals surface area contributed by atoms with E-state index in [1.165, 1.54) is 9.91 Å². The Morgan fingerprint density at radius 3 is 2.33 bits per heavy atom. The van der Waals surface area contributed by atoms with E-state index in [2.05, 4.69) is 21.3 Å². The van der Waals surface area contributed by atoms with Gasteiger partial charge in [-0.1, -0.05) is 73.5 Å². The van der Waals surface area contributed by atoms with Crippen molar-refractivity contribution >= 4 is 29.6 Å². The van der Waals surface area contributed by atoms with Crippen molar-refractivity contribution in [1.82, 2.24) is 31.2 Å². The van der Waals surface area contributed by atoms with Gasteiger partial charge in [0.25, 0.3) is 5.91 Å². The highest BCUT2D eigenvalue weighted by Gasteiger charge is 2.44. The second kappa shape index (κ2) is 17.8. The number of carbonyl (C=O) groups is 5. The molecule has 1 aliphatic rings. The van der Waals surface area contributed by atoms with Crippen LogP contribution < -0.4 is 32.8 Å². The van der Waals surface area contributed by atoms with E-state index >= 15 is 0 Å². The number of amides is 4. The molecule has 48 heavy (non-hydrogen) atoms. The molecule has 1 heterocycles. The maximum absolute atomic E-state index is 14.2. The zero-order valence-corrected chi connectivity index (χ0v) is 27.9. The number of hydrazine groups is 1. The molecular weight excluding hydrogens is 616 g/mol. The maximum atomic E-state index is 14.2. The average Bonchev–Trinajstić information content (AvgIpc) is 3.52. The summed E-state index contributed by atoms with van der Waals surface area (Å²) in [6.07, 6.45) is 3.15. The zero-order chi connectivity index (χ0) is 35.4. The summed E-state index contributed by atoms with van der Waals surface area (Å²) in [5.74, 6) is 2.84. The van der Waals surface area contributed by atoms with E-state index in [4.69, 9.17) is 11.6 Å². The molecule has 1 fully saturated rings. The number of benzene rings is 2. The van der Waals surface area contributed by atoms with Crippen LogP contribution in [0.1, 0.15) is 55.8 Å². The summed E-state index contributed by atoms with van der Waals surface area (Å²) in [7, 11) is 1.62. The number of nitrogens with zero attached hydrogens (tertiary/aromatic N) is 2. The van der Waals surface area contributed by atoms with Crippen LogP contribution in [0.2, 0.25) is 0 Å². The van der Waals surface area contributed by atoms with Crippen LogP contribution in [-0.4, -0.2) is 88.9 Å². The Kier molecular flexibility index (Phi) is 13.9. The molecule has 9 N–H and O–H groups in total. The number of carboxylic acids is 1. The van der Waals surface area contributed by atoms with E-state index in [1.54, 1.807) is 62.6 Å². The summed E-state index contributed by atoms with van der Waals surface area (Å²) in [6, 6.07) is 11.5. The highest BCUT2D eigenvalue weighted by molar-refractivity contribution is 5.95. The van der Waals surface area contributed by atoms with Gasteiger partial charge in [-0.05, 0) is 38.4 Å². The van der Waals surface area contributed by atoms with Crippen molar-refractivity contribution in [3.63, 3.8) is 0 Å². The zero-order valence-electron chi connectivity index (χ0n) is 27.9. The second-order valence-corrected chi connectivity index (χ2v) is 12.0. The average molecular weight is 665 g/mol. The third-order valence-electron chi connectivity index (χ3n) is 8.25. The number of rotatable bonds is 16. The second-order valence-electron chi connectivity index (χ2n) is 12.0. The van der Waals surface area contributed by atoms with Gasteiger partial charge in [-0.15, -0.1) is 0 Å². The van der Waals surface area contributed by atoms with Gasteiger partial charge in [-0.2, -0.15) is 0 Å². The van der Waals surface area contributed by atoms with Gasteiger partial charge in [0.15, 0.2) is 0 Å². The minimum Gasteiger partial charge on any atom is -0.480 e. The predicted octanol–water partition coefficient (Wildman–Crippen LogP) is 0.434. The number of allylic oxidation sites excluding steroid dienone is 1. The minimum atomic E-state index is -1.22. The fraction of sp³-hybridized carbons (Fsp3) is 0.441. The van der Waals surface area contributed by atoms with Crippen LogP contribution in [0.4, 0.5) is 0 Å². The van der Waals surface area contributed by atoms with E-state index in [9.17, 15) is 29.1 Å². The Morgan fingerprint density at radius 1 is 1.06 bits per heavy atom. The van der Waals surface area contributed by atoms with Crippen molar-refractivity contribution in [1.29, 1.82) is 0 Å². The SMILES string of the molecule is CCC/C(N)=C/N(N)C1CC(C(=O)NCC(=O)NC(Cc2ccc(C)cc2)C(=O)O)N(C(=O)C(NC(=O)C(C)NC)c2ccccc2)C1. The van der Waals surface area contributed by atoms with E-state index < -0.39 is 66.4 Å². The summed E-state index contributed by atoms with van der Waals surface area (Å²) in [4.78, 5) is 66.9. The van der Waals surface area contributed by atoms with Crippen LogP contribution >= 0.6 is 0 Å². The normalized spacial score (nSPS) is 17.9. The van der Waals surface area contributed by atoms with Gasteiger partial charge < -0.3 is 42.0 Å². The highest BCUT2D eigenvalue weighted by atomic mass is 16.4. The lowest BCUT2D eigenvalue weighted by Gasteiger charge is -2.30. The third-order valence-corrected chi connectivity index (χ3v) is 8.25. The van der Waals surface area contributed by atoms with Crippen LogP contribution in [-0.2, 0) is 30.4 Å². The topological polar surface area (TPSA) is 212 Å². The number of carbonyl (C=O) groups excluding carboxylic acids is 4. The van der Waals surface area contributed by atoms with Gasteiger partial charge in [0.1, 0.15) is 18.1 Å².